The highest BCUT2D eigenvalue weighted by Crippen LogP contribution is 2.24. The van der Waals surface area contributed by atoms with Gasteiger partial charge in [0.1, 0.15) is 5.82 Å². The van der Waals surface area contributed by atoms with Gasteiger partial charge in [0.15, 0.2) is 17.4 Å². The standard InChI is InChI=1S/C12H13FN4O/c1-7-5-11(17-14)16-12(15-7)8-3-4-10(18-2)9(13)6-8/h3-6H,14H2,1-2H3,(H,15,16,17). The van der Waals surface area contributed by atoms with E-state index in [1.807, 2.05) is 6.92 Å². The molecular weight excluding hydrogens is 235 g/mol. The van der Waals surface area contributed by atoms with Gasteiger partial charge in [-0.2, -0.15) is 0 Å². The Morgan fingerprint density at radius 1 is 1.28 bits per heavy atom. The number of benzene rings is 1. The maximum absolute atomic E-state index is 13.6. The number of anilines is 1. The van der Waals surface area contributed by atoms with Crippen LogP contribution in [0.5, 0.6) is 5.75 Å². The maximum atomic E-state index is 13.6. The number of halogens is 1. The lowest BCUT2D eigenvalue weighted by molar-refractivity contribution is 0.386. The predicted molar refractivity (Wildman–Crippen MR) is 66.5 cm³/mol. The Labute approximate surface area is 104 Å². The summed E-state index contributed by atoms with van der Waals surface area (Å²) in [5.74, 6) is 5.92. The molecule has 2 aromatic rings. The Bertz CT molecular complexity index is 574. The van der Waals surface area contributed by atoms with E-state index in [1.165, 1.54) is 19.2 Å². The van der Waals surface area contributed by atoms with Crippen LogP contribution >= 0.6 is 0 Å². The molecule has 2 rings (SSSR count). The molecule has 0 aliphatic rings. The second kappa shape index (κ2) is 4.97. The highest BCUT2D eigenvalue weighted by atomic mass is 19.1. The fourth-order valence-corrected chi connectivity index (χ4v) is 1.58. The fraction of sp³-hybridized carbons (Fsp3) is 0.167. The van der Waals surface area contributed by atoms with Crippen LogP contribution < -0.4 is 16.0 Å². The van der Waals surface area contributed by atoms with E-state index in [1.54, 1.807) is 12.1 Å². The van der Waals surface area contributed by atoms with Gasteiger partial charge in [-0.3, -0.25) is 0 Å². The van der Waals surface area contributed by atoms with E-state index in [4.69, 9.17) is 10.6 Å². The van der Waals surface area contributed by atoms with Crippen molar-refractivity contribution < 1.29 is 9.13 Å². The van der Waals surface area contributed by atoms with Crippen molar-refractivity contribution in [2.45, 2.75) is 6.92 Å². The second-order valence-electron chi connectivity index (χ2n) is 3.71. The summed E-state index contributed by atoms with van der Waals surface area (Å²) in [6.45, 7) is 1.81. The van der Waals surface area contributed by atoms with Crippen LogP contribution in [0.15, 0.2) is 24.3 Å². The third-order valence-corrected chi connectivity index (χ3v) is 2.41. The molecule has 0 spiro atoms. The molecule has 0 amide bonds. The van der Waals surface area contributed by atoms with Crippen LogP contribution in [0.3, 0.4) is 0 Å². The van der Waals surface area contributed by atoms with Crippen LogP contribution in [0.2, 0.25) is 0 Å². The van der Waals surface area contributed by atoms with E-state index < -0.39 is 5.82 Å². The molecule has 3 N–H and O–H groups in total. The Balaban J connectivity index is 2.48. The molecule has 0 aliphatic carbocycles. The van der Waals surface area contributed by atoms with Gasteiger partial charge in [0.2, 0.25) is 0 Å². The minimum Gasteiger partial charge on any atom is -0.494 e. The van der Waals surface area contributed by atoms with Crippen LogP contribution in [0, 0.1) is 12.7 Å². The van der Waals surface area contributed by atoms with Gasteiger partial charge in [-0.1, -0.05) is 0 Å². The van der Waals surface area contributed by atoms with E-state index in [0.717, 1.165) is 5.69 Å². The molecule has 0 radical (unpaired) electrons. The van der Waals surface area contributed by atoms with Crippen molar-refractivity contribution in [1.82, 2.24) is 9.97 Å². The molecule has 0 fully saturated rings. The fourth-order valence-electron chi connectivity index (χ4n) is 1.58. The number of aromatic nitrogens is 2. The molecule has 18 heavy (non-hydrogen) atoms. The molecule has 5 nitrogen and oxygen atoms in total. The first-order valence-electron chi connectivity index (χ1n) is 5.30. The summed E-state index contributed by atoms with van der Waals surface area (Å²) in [6.07, 6.45) is 0. The lowest BCUT2D eigenvalue weighted by Gasteiger charge is -2.07. The summed E-state index contributed by atoms with van der Waals surface area (Å²) in [7, 11) is 1.41. The number of hydrazine groups is 1. The maximum Gasteiger partial charge on any atom is 0.165 e. The molecule has 0 unspecified atom stereocenters. The van der Waals surface area contributed by atoms with Crippen molar-refractivity contribution in [2.75, 3.05) is 12.5 Å². The molecule has 0 saturated heterocycles. The molecule has 0 saturated carbocycles. The molecule has 0 atom stereocenters. The molecule has 6 heteroatoms. The van der Waals surface area contributed by atoms with Crippen molar-refractivity contribution >= 4 is 5.82 Å². The number of nitrogens with one attached hydrogen (secondary N) is 1. The topological polar surface area (TPSA) is 73.1 Å². The van der Waals surface area contributed by atoms with Crippen molar-refractivity contribution in [3.05, 3.63) is 35.8 Å². The van der Waals surface area contributed by atoms with Gasteiger partial charge in [0.25, 0.3) is 0 Å². The van der Waals surface area contributed by atoms with Gasteiger partial charge in [-0.15, -0.1) is 0 Å². The van der Waals surface area contributed by atoms with Gasteiger partial charge in [0, 0.05) is 17.3 Å². The van der Waals surface area contributed by atoms with Crippen molar-refractivity contribution in [3.8, 4) is 17.1 Å². The van der Waals surface area contributed by atoms with Gasteiger partial charge in [0.05, 0.1) is 7.11 Å². The summed E-state index contributed by atoms with van der Waals surface area (Å²) in [4.78, 5) is 8.40. The molecule has 0 bridgehead atoms. The SMILES string of the molecule is COc1ccc(-c2nc(C)cc(NN)n2)cc1F. The highest BCUT2D eigenvalue weighted by Gasteiger charge is 2.08. The number of aryl methyl sites for hydroxylation is 1. The summed E-state index contributed by atoms with van der Waals surface area (Å²) in [5, 5.41) is 0. The lowest BCUT2D eigenvalue weighted by atomic mass is 10.2. The minimum absolute atomic E-state index is 0.184. The van der Waals surface area contributed by atoms with Crippen LogP contribution in [0.25, 0.3) is 11.4 Å². The first-order chi connectivity index (χ1) is 8.63. The number of nitrogens with zero attached hydrogens (tertiary/aromatic N) is 2. The molecule has 1 aromatic heterocycles. The van der Waals surface area contributed by atoms with E-state index >= 15 is 0 Å². The number of methoxy groups -OCH3 is 1. The van der Waals surface area contributed by atoms with Gasteiger partial charge >= 0.3 is 0 Å². The van der Waals surface area contributed by atoms with E-state index in [9.17, 15) is 4.39 Å². The molecule has 0 aliphatic heterocycles. The Kier molecular flexibility index (Phi) is 3.38. The Morgan fingerprint density at radius 2 is 2.06 bits per heavy atom. The van der Waals surface area contributed by atoms with Gasteiger partial charge in [-0.05, 0) is 25.1 Å². The van der Waals surface area contributed by atoms with Crippen LogP contribution in [-0.4, -0.2) is 17.1 Å². The monoisotopic (exact) mass is 248 g/mol. The largest absolute Gasteiger partial charge is 0.494 e. The van der Waals surface area contributed by atoms with Crippen molar-refractivity contribution in [2.24, 2.45) is 5.84 Å². The van der Waals surface area contributed by atoms with Crippen LogP contribution in [0.4, 0.5) is 10.2 Å². The molecule has 94 valence electrons. The van der Waals surface area contributed by atoms with Gasteiger partial charge < -0.3 is 10.2 Å². The Hall–Kier alpha value is -2.21. The van der Waals surface area contributed by atoms with Crippen molar-refractivity contribution in [3.63, 3.8) is 0 Å². The lowest BCUT2D eigenvalue weighted by Crippen LogP contribution is -2.10. The number of ether oxygens (including phenoxy) is 1. The van der Waals surface area contributed by atoms with E-state index in [2.05, 4.69) is 15.4 Å². The average Bonchev–Trinajstić information content (AvgIpc) is 2.37. The Morgan fingerprint density at radius 3 is 2.67 bits per heavy atom. The summed E-state index contributed by atoms with van der Waals surface area (Å²) >= 11 is 0. The quantitative estimate of drug-likeness (QED) is 0.641. The zero-order valence-corrected chi connectivity index (χ0v) is 10.1. The average molecular weight is 248 g/mol. The second-order valence-corrected chi connectivity index (χ2v) is 3.71. The van der Waals surface area contributed by atoms with Crippen molar-refractivity contribution in [1.29, 1.82) is 0 Å². The van der Waals surface area contributed by atoms with Crippen LogP contribution in [-0.2, 0) is 0 Å². The number of nitrogens with two attached hydrogens (primary N) is 1. The molecule has 1 aromatic carbocycles. The van der Waals surface area contributed by atoms with E-state index in [0.29, 0.717) is 17.2 Å². The smallest absolute Gasteiger partial charge is 0.165 e. The third-order valence-electron chi connectivity index (χ3n) is 2.41. The summed E-state index contributed by atoms with van der Waals surface area (Å²) in [6, 6.07) is 6.25. The summed E-state index contributed by atoms with van der Waals surface area (Å²) < 4.78 is 18.5. The number of hydrogen-bond donors (Lipinski definition) is 2. The number of hydrogen-bond acceptors (Lipinski definition) is 5. The predicted octanol–water partition coefficient (Wildman–Crippen LogP) is 1.89. The van der Waals surface area contributed by atoms with Crippen LogP contribution in [0.1, 0.15) is 5.69 Å². The van der Waals surface area contributed by atoms with E-state index in [-0.39, 0.29) is 5.75 Å². The first-order valence-corrected chi connectivity index (χ1v) is 5.30. The molecule has 1 heterocycles. The minimum atomic E-state index is -0.456. The van der Waals surface area contributed by atoms with Gasteiger partial charge in [-0.25, -0.2) is 20.2 Å². The normalized spacial score (nSPS) is 10.2. The first kappa shape index (κ1) is 12.3. The highest BCUT2D eigenvalue weighted by molar-refractivity contribution is 5.58. The third kappa shape index (κ3) is 2.38. The zero-order chi connectivity index (χ0) is 13.1. The zero-order valence-electron chi connectivity index (χ0n) is 10.1. The molecular formula is C12H13FN4O. The summed E-state index contributed by atoms with van der Waals surface area (Å²) in [5.41, 5.74) is 3.75. The number of nitrogen functional groups attached to an aromatic ring is 1. The number of rotatable bonds is 3.